The standard InChI is InChI=1S/C10H13BrN2O2/c1-10(9(12)14,13-6-2-3-6)7-4-5-8(11)15-7/h4-6,13H,2-3H2,1H3,(H2,12,14). The Kier molecular flexibility index (Phi) is 2.60. The molecule has 1 fully saturated rings. The van der Waals surface area contributed by atoms with Crippen molar-refractivity contribution in [2.75, 3.05) is 0 Å². The van der Waals surface area contributed by atoms with Crippen LogP contribution in [0.2, 0.25) is 0 Å². The summed E-state index contributed by atoms with van der Waals surface area (Å²) in [6.07, 6.45) is 2.18. The quantitative estimate of drug-likeness (QED) is 0.873. The maximum atomic E-state index is 11.5. The number of nitrogens with two attached hydrogens (primary N) is 1. The zero-order valence-electron chi connectivity index (χ0n) is 8.42. The Morgan fingerprint density at radius 1 is 1.67 bits per heavy atom. The van der Waals surface area contributed by atoms with E-state index in [1.54, 1.807) is 19.1 Å². The molecule has 15 heavy (non-hydrogen) atoms. The summed E-state index contributed by atoms with van der Waals surface area (Å²) in [5, 5.41) is 3.21. The van der Waals surface area contributed by atoms with Crippen molar-refractivity contribution in [1.29, 1.82) is 0 Å². The van der Waals surface area contributed by atoms with Gasteiger partial charge in [0.15, 0.2) is 10.2 Å². The second kappa shape index (κ2) is 3.64. The summed E-state index contributed by atoms with van der Waals surface area (Å²) in [7, 11) is 0. The highest BCUT2D eigenvalue weighted by Crippen LogP contribution is 2.30. The molecule has 0 spiro atoms. The van der Waals surface area contributed by atoms with Crippen LogP contribution < -0.4 is 11.1 Å². The SMILES string of the molecule is CC(NC1CC1)(C(N)=O)c1ccc(Br)o1. The number of furan rings is 1. The molecule has 0 aliphatic heterocycles. The van der Waals surface area contributed by atoms with Crippen molar-refractivity contribution in [3.05, 3.63) is 22.6 Å². The van der Waals surface area contributed by atoms with E-state index in [2.05, 4.69) is 21.2 Å². The number of rotatable bonds is 4. The first kappa shape index (κ1) is 10.7. The number of nitrogens with one attached hydrogen (secondary N) is 1. The highest BCUT2D eigenvalue weighted by Gasteiger charge is 2.40. The van der Waals surface area contributed by atoms with Crippen molar-refractivity contribution >= 4 is 21.8 Å². The highest BCUT2D eigenvalue weighted by molar-refractivity contribution is 9.10. The van der Waals surface area contributed by atoms with Crippen molar-refractivity contribution < 1.29 is 9.21 Å². The van der Waals surface area contributed by atoms with Gasteiger partial charge < -0.3 is 10.2 Å². The van der Waals surface area contributed by atoms with Gasteiger partial charge in [-0.1, -0.05) is 0 Å². The monoisotopic (exact) mass is 272 g/mol. The Balaban J connectivity index is 2.28. The van der Waals surface area contributed by atoms with Crippen LogP contribution in [0.1, 0.15) is 25.5 Å². The summed E-state index contributed by atoms with van der Waals surface area (Å²) in [6, 6.07) is 3.89. The molecule has 1 atom stereocenters. The number of primary amides is 1. The predicted molar refractivity (Wildman–Crippen MR) is 59.1 cm³/mol. The molecule has 3 N–H and O–H groups in total. The fourth-order valence-electron chi connectivity index (χ4n) is 1.48. The first-order chi connectivity index (χ1) is 7.02. The minimum absolute atomic E-state index is 0.381. The van der Waals surface area contributed by atoms with Crippen LogP contribution in [0.15, 0.2) is 21.2 Å². The topological polar surface area (TPSA) is 68.3 Å². The number of hydrogen-bond acceptors (Lipinski definition) is 3. The second-order valence-corrected chi connectivity index (χ2v) is 4.79. The molecular formula is C10H13BrN2O2. The number of carbonyl (C=O) groups is 1. The van der Waals surface area contributed by atoms with E-state index < -0.39 is 11.4 Å². The van der Waals surface area contributed by atoms with E-state index in [0.29, 0.717) is 16.5 Å². The number of hydrogen-bond donors (Lipinski definition) is 2. The minimum Gasteiger partial charge on any atom is -0.452 e. The normalized spacial score (nSPS) is 19.9. The minimum atomic E-state index is -0.910. The van der Waals surface area contributed by atoms with Gasteiger partial charge in [0.1, 0.15) is 5.76 Å². The zero-order valence-corrected chi connectivity index (χ0v) is 10.0. The number of amides is 1. The molecule has 0 saturated heterocycles. The van der Waals surface area contributed by atoms with Crippen molar-refractivity contribution in [2.45, 2.75) is 31.3 Å². The van der Waals surface area contributed by atoms with E-state index in [0.717, 1.165) is 12.8 Å². The summed E-state index contributed by atoms with van der Waals surface area (Å²) in [6.45, 7) is 1.75. The number of carbonyl (C=O) groups excluding carboxylic acids is 1. The Morgan fingerprint density at radius 2 is 2.33 bits per heavy atom. The Hall–Kier alpha value is -0.810. The second-order valence-electron chi connectivity index (χ2n) is 4.01. The van der Waals surface area contributed by atoms with E-state index in [1.165, 1.54) is 0 Å². The molecular weight excluding hydrogens is 260 g/mol. The average Bonchev–Trinajstić information content (AvgIpc) is 2.85. The molecule has 0 radical (unpaired) electrons. The van der Waals surface area contributed by atoms with Gasteiger partial charge in [-0.05, 0) is 47.8 Å². The molecule has 1 aromatic heterocycles. The molecule has 1 aliphatic carbocycles. The lowest BCUT2D eigenvalue weighted by Gasteiger charge is -2.25. The van der Waals surface area contributed by atoms with Crippen molar-refractivity contribution in [1.82, 2.24) is 5.32 Å². The summed E-state index contributed by atoms with van der Waals surface area (Å²) in [5.74, 6) is 0.130. The van der Waals surface area contributed by atoms with Crippen LogP contribution in [0, 0.1) is 0 Å². The van der Waals surface area contributed by atoms with Crippen LogP contribution in [-0.4, -0.2) is 11.9 Å². The van der Waals surface area contributed by atoms with Gasteiger partial charge in [-0.25, -0.2) is 0 Å². The van der Waals surface area contributed by atoms with Gasteiger partial charge in [0.25, 0.3) is 0 Å². The Morgan fingerprint density at radius 3 is 2.73 bits per heavy atom. The van der Waals surface area contributed by atoms with Gasteiger partial charge in [-0.15, -0.1) is 0 Å². The third kappa shape index (κ3) is 2.08. The van der Waals surface area contributed by atoms with Crippen LogP contribution >= 0.6 is 15.9 Å². The summed E-state index contributed by atoms with van der Waals surface area (Å²) in [5.41, 5.74) is 4.50. The van der Waals surface area contributed by atoms with Crippen molar-refractivity contribution in [3.8, 4) is 0 Å². The van der Waals surface area contributed by atoms with Gasteiger partial charge in [0.05, 0.1) is 0 Å². The molecule has 1 aromatic rings. The fraction of sp³-hybridized carbons (Fsp3) is 0.500. The van der Waals surface area contributed by atoms with Gasteiger partial charge in [0, 0.05) is 6.04 Å². The smallest absolute Gasteiger partial charge is 0.245 e. The molecule has 5 heteroatoms. The predicted octanol–water partition coefficient (Wildman–Crippen LogP) is 1.49. The highest BCUT2D eigenvalue weighted by atomic mass is 79.9. The molecule has 2 rings (SSSR count). The van der Waals surface area contributed by atoms with Crippen LogP contribution in [-0.2, 0) is 10.3 Å². The van der Waals surface area contributed by atoms with Gasteiger partial charge in [0.2, 0.25) is 5.91 Å². The van der Waals surface area contributed by atoms with Crippen LogP contribution in [0.5, 0.6) is 0 Å². The van der Waals surface area contributed by atoms with Gasteiger partial charge >= 0.3 is 0 Å². The first-order valence-corrected chi connectivity index (χ1v) is 5.65. The summed E-state index contributed by atoms with van der Waals surface area (Å²) >= 11 is 3.21. The largest absolute Gasteiger partial charge is 0.452 e. The van der Waals surface area contributed by atoms with E-state index >= 15 is 0 Å². The summed E-state index contributed by atoms with van der Waals surface area (Å²) < 4.78 is 5.99. The Labute approximate surface area is 96.3 Å². The van der Waals surface area contributed by atoms with E-state index in [1.807, 2.05) is 0 Å². The van der Waals surface area contributed by atoms with Crippen molar-refractivity contribution in [3.63, 3.8) is 0 Å². The van der Waals surface area contributed by atoms with Crippen molar-refractivity contribution in [2.24, 2.45) is 5.73 Å². The maximum Gasteiger partial charge on any atom is 0.245 e. The number of halogens is 1. The molecule has 1 aliphatic rings. The lowest BCUT2D eigenvalue weighted by Crippen LogP contribution is -2.51. The molecule has 82 valence electrons. The van der Waals surface area contributed by atoms with E-state index in [4.69, 9.17) is 10.2 Å². The van der Waals surface area contributed by atoms with E-state index in [-0.39, 0.29) is 0 Å². The molecule has 4 nitrogen and oxygen atoms in total. The van der Waals surface area contributed by atoms with Gasteiger partial charge in [-0.2, -0.15) is 0 Å². The van der Waals surface area contributed by atoms with E-state index in [9.17, 15) is 4.79 Å². The molecule has 0 aromatic carbocycles. The van der Waals surface area contributed by atoms with Crippen LogP contribution in [0.4, 0.5) is 0 Å². The third-order valence-corrected chi connectivity index (χ3v) is 3.06. The molecule has 0 bridgehead atoms. The fourth-order valence-corrected chi connectivity index (χ4v) is 1.79. The summed E-state index contributed by atoms with van der Waals surface area (Å²) in [4.78, 5) is 11.5. The maximum absolute atomic E-state index is 11.5. The van der Waals surface area contributed by atoms with Gasteiger partial charge in [-0.3, -0.25) is 10.1 Å². The lowest BCUT2D eigenvalue weighted by molar-refractivity contribution is -0.124. The molecule has 1 saturated carbocycles. The van der Waals surface area contributed by atoms with Crippen LogP contribution in [0.25, 0.3) is 0 Å². The molecule has 1 amide bonds. The molecule has 1 heterocycles. The third-order valence-electron chi connectivity index (χ3n) is 2.63. The lowest BCUT2D eigenvalue weighted by atomic mass is 9.98. The molecule has 1 unspecified atom stereocenters. The van der Waals surface area contributed by atoms with Crippen LogP contribution in [0.3, 0.4) is 0 Å². The average molecular weight is 273 g/mol. The first-order valence-electron chi connectivity index (χ1n) is 4.86. The Bertz CT molecular complexity index is 387. The zero-order chi connectivity index (χ0) is 11.1.